The van der Waals surface area contributed by atoms with Crippen molar-refractivity contribution >= 4 is 21.6 Å². The standard InChI is InChI=1S/C17H20N2O3S/c1-11-9-12(2)16(13(3)10-11)23(21,22)19-15-7-5-14(6-8-15)17(20)18-4/h5-10,19H,1-4H3,(H,18,20). The van der Waals surface area contributed by atoms with Crippen LogP contribution in [0.4, 0.5) is 5.69 Å². The summed E-state index contributed by atoms with van der Waals surface area (Å²) in [6.45, 7) is 5.49. The molecule has 0 aliphatic carbocycles. The molecule has 6 heteroatoms. The quantitative estimate of drug-likeness (QED) is 0.904. The van der Waals surface area contributed by atoms with E-state index in [1.807, 2.05) is 19.1 Å². The smallest absolute Gasteiger partial charge is 0.262 e. The summed E-state index contributed by atoms with van der Waals surface area (Å²) in [7, 11) is -2.14. The van der Waals surface area contributed by atoms with Gasteiger partial charge in [0.25, 0.3) is 15.9 Å². The highest BCUT2D eigenvalue weighted by molar-refractivity contribution is 7.92. The predicted octanol–water partition coefficient (Wildman–Crippen LogP) is 2.77. The molecule has 2 aromatic carbocycles. The number of nitrogens with one attached hydrogen (secondary N) is 2. The highest BCUT2D eigenvalue weighted by atomic mass is 32.2. The molecule has 0 saturated carbocycles. The van der Waals surface area contributed by atoms with Crippen molar-refractivity contribution in [2.24, 2.45) is 0 Å². The van der Waals surface area contributed by atoms with Gasteiger partial charge in [-0.05, 0) is 56.2 Å². The Labute approximate surface area is 136 Å². The van der Waals surface area contributed by atoms with Gasteiger partial charge in [0, 0.05) is 18.3 Å². The molecule has 0 aliphatic rings. The minimum absolute atomic E-state index is 0.218. The molecule has 2 aromatic rings. The Balaban J connectivity index is 2.34. The van der Waals surface area contributed by atoms with Crippen LogP contribution in [0.15, 0.2) is 41.3 Å². The zero-order valence-electron chi connectivity index (χ0n) is 13.6. The van der Waals surface area contributed by atoms with E-state index in [0.29, 0.717) is 27.3 Å². The lowest BCUT2D eigenvalue weighted by Gasteiger charge is -2.14. The van der Waals surface area contributed by atoms with Crippen LogP contribution in [0.3, 0.4) is 0 Å². The maximum Gasteiger partial charge on any atom is 0.262 e. The molecule has 2 rings (SSSR count). The number of hydrogen-bond acceptors (Lipinski definition) is 3. The first-order valence-corrected chi connectivity index (χ1v) is 8.65. The Hall–Kier alpha value is -2.34. The van der Waals surface area contributed by atoms with Gasteiger partial charge in [0.15, 0.2) is 0 Å². The molecule has 0 spiro atoms. The van der Waals surface area contributed by atoms with Crippen LogP contribution in [0.1, 0.15) is 27.0 Å². The highest BCUT2D eigenvalue weighted by Gasteiger charge is 2.20. The summed E-state index contributed by atoms with van der Waals surface area (Å²) in [5.41, 5.74) is 3.32. The Morgan fingerprint density at radius 1 is 0.957 bits per heavy atom. The van der Waals surface area contributed by atoms with Crippen LogP contribution in [0, 0.1) is 20.8 Å². The number of aryl methyl sites for hydroxylation is 3. The SMILES string of the molecule is CNC(=O)c1ccc(NS(=O)(=O)c2c(C)cc(C)cc2C)cc1. The lowest BCUT2D eigenvalue weighted by Crippen LogP contribution is -2.18. The van der Waals surface area contributed by atoms with Gasteiger partial charge >= 0.3 is 0 Å². The van der Waals surface area contributed by atoms with E-state index in [9.17, 15) is 13.2 Å². The molecule has 0 radical (unpaired) electrons. The number of sulfonamides is 1. The van der Waals surface area contributed by atoms with E-state index < -0.39 is 10.0 Å². The summed E-state index contributed by atoms with van der Waals surface area (Å²) < 4.78 is 27.8. The molecule has 1 amide bonds. The fraction of sp³-hybridized carbons (Fsp3) is 0.235. The Morgan fingerprint density at radius 2 is 1.48 bits per heavy atom. The molecule has 0 aliphatic heterocycles. The van der Waals surface area contributed by atoms with Crippen LogP contribution in [0.5, 0.6) is 0 Å². The van der Waals surface area contributed by atoms with Gasteiger partial charge in [0.1, 0.15) is 0 Å². The second-order valence-electron chi connectivity index (χ2n) is 5.49. The van der Waals surface area contributed by atoms with Crippen molar-refractivity contribution in [3.05, 3.63) is 58.7 Å². The lowest BCUT2D eigenvalue weighted by molar-refractivity contribution is 0.0963. The molecule has 0 aromatic heterocycles. The number of anilines is 1. The third-order valence-corrected chi connectivity index (χ3v) is 5.19. The van der Waals surface area contributed by atoms with E-state index >= 15 is 0 Å². The van der Waals surface area contributed by atoms with Gasteiger partial charge in [-0.1, -0.05) is 17.7 Å². The molecule has 0 atom stereocenters. The number of amides is 1. The van der Waals surface area contributed by atoms with E-state index in [0.717, 1.165) is 5.56 Å². The summed E-state index contributed by atoms with van der Waals surface area (Å²) in [4.78, 5) is 11.8. The number of hydrogen-bond donors (Lipinski definition) is 2. The van der Waals surface area contributed by atoms with Crippen molar-refractivity contribution in [2.75, 3.05) is 11.8 Å². The minimum atomic E-state index is -3.68. The molecular weight excluding hydrogens is 312 g/mol. The van der Waals surface area contributed by atoms with Crippen molar-refractivity contribution in [1.82, 2.24) is 5.32 Å². The normalized spacial score (nSPS) is 11.1. The van der Waals surface area contributed by atoms with Crippen molar-refractivity contribution in [3.8, 4) is 0 Å². The average molecular weight is 332 g/mol. The van der Waals surface area contributed by atoms with E-state index in [1.54, 1.807) is 45.2 Å². The van der Waals surface area contributed by atoms with Crippen LogP contribution < -0.4 is 10.0 Å². The third-order valence-electron chi connectivity index (χ3n) is 3.50. The van der Waals surface area contributed by atoms with E-state index in [1.165, 1.54) is 0 Å². The van der Waals surface area contributed by atoms with E-state index in [4.69, 9.17) is 0 Å². The third kappa shape index (κ3) is 3.71. The molecule has 0 unspecified atom stereocenters. The minimum Gasteiger partial charge on any atom is -0.355 e. The zero-order valence-corrected chi connectivity index (χ0v) is 14.4. The van der Waals surface area contributed by atoms with Crippen LogP contribution in [0.2, 0.25) is 0 Å². The van der Waals surface area contributed by atoms with Gasteiger partial charge in [-0.15, -0.1) is 0 Å². The summed E-state index contributed by atoms with van der Waals surface area (Å²) in [6.07, 6.45) is 0. The highest BCUT2D eigenvalue weighted by Crippen LogP contribution is 2.24. The lowest BCUT2D eigenvalue weighted by atomic mass is 10.1. The maximum absolute atomic E-state index is 12.6. The molecule has 0 fully saturated rings. The average Bonchev–Trinajstić information content (AvgIpc) is 2.45. The maximum atomic E-state index is 12.6. The Kier molecular flexibility index (Phi) is 4.75. The van der Waals surface area contributed by atoms with Gasteiger partial charge in [-0.25, -0.2) is 8.42 Å². The Morgan fingerprint density at radius 3 is 1.96 bits per heavy atom. The van der Waals surface area contributed by atoms with Crippen LogP contribution in [0.25, 0.3) is 0 Å². The molecule has 23 heavy (non-hydrogen) atoms. The molecule has 5 nitrogen and oxygen atoms in total. The number of carbonyl (C=O) groups is 1. The molecule has 2 N–H and O–H groups in total. The fourth-order valence-corrected chi connectivity index (χ4v) is 4.14. The molecule has 122 valence electrons. The zero-order chi connectivity index (χ0) is 17.2. The number of rotatable bonds is 4. The largest absolute Gasteiger partial charge is 0.355 e. The number of carbonyl (C=O) groups excluding carboxylic acids is 1. The molecular formula is C17H20N2O3S. The van der Waals surface area contributed by atoms with Gasteiger partial charge < -0.3 is 5.32 Å². The van der Waals surface area contributed by atoms with Crippen molar-refractivity contribution in [3.63, 3.8) is 0 Å². The van der Waals surface area contributed by atoms with Crippen molar-refractivity contribution < 1.29 is 13.2 Å². The van der Waals surface area contributed by atoms with Gasteiger partial charge in [0.05, 0.1) is 4.90 Å². The first-order chi connectivity index (χ1) is 10.7. The van der Waals surface area contributed by atoms with Gasteiger partial charge in [0.2, 0.25) is 0 Å². The summed E-state index contributed by atoms with van der Waals surface area (Å²) in [6, 6.07) is 9.98. The van der Waals surface area contributed by atoms with Crippen molar-refractivity contribution in [1.29, 1.82) is 0 Å². The molecule has 0 saturated heterocycles. The van der Waals surface area contributed by atoms with Crippen molar-refractivity contribution in [2.45, 2.75) is 25.7 Å². The fourth-order valence-electron chi connectivity index (χ4n) is 2.63. The van der Waals surface area contributed by atoms with Gasteiger partial charge in [-0.3, -0.25) is 9.52 Å². The van der Waals surface area contributed by atoms with Crippen LogP contribution in [-0.4, -0.2) is 21.4 Å². The van der Waals surface area contributed by atoms with E-state index in [2.05, 4.69) is 10.0 Å². The van der Waals surface area contributed by atoms with Crippen LogP contribution >= 0.6 is 0 Å². The molecule has 0 bridgehead atoms. The first kappa shape index (κ1) is 17.0. The van der Waals surface area contributed by atoms with E-state index in [-0.39, 0.29) is 5.91 Å². The summed E-state index contributed by atoms with van der Waals surface area (Å²) >= 11 is 0. The Bertz CT molecular complexity index is 818. The van der Waals surface area contributed by atoms with Crippen LogP contribution in [-0.2, 0) is 10.0 Å². The number of benzene rings is 2. The predicted molar refractivity (Wildman–Crippen MR) is 91.3 cm³/mol. The van der Waals surface area contributed by atoms with Gasteiger partial charge in [-0.2, -0.15) is 0 Å². The summed E-state index contributed by atoms with van der Waals surface area (Å²) in [5, 5.41) is 2.52. The second kappa shape index (κ2) is 6.42. The monoisotopic (exact) mass is 332 g/mol. The summed E-state index contributed by atoms with van der Waals surface area (Å²) in [5.74, 6) is -0.218. The first-order valence-electron chi connectivity index (χ1n) is 7.17. The second-order valence-corrected chi connectivity index (χ2v) is 7.11. The molecule has 0 heterocycles. The topological polar surface area (TPSA) is 75.3 Å².